The highest BCUT2D eigenvalue weighted by Gasteiger charge is 2.11. The van der Waals surface area contributed by atoms with Crippen LogP contribution in [0.5, 0.6) is 5.75 Å². The molecule has 0 saturated carbocycles. The molecule has 0 radical (unpaired) electrons. The Morgan fingerprint density at radius 1 is 1.27 bits per heavy atom. The van der Waals surface area contributed by atoms with Gasteiger partial charge in [-0.05, 0) is 23.3 Å². The molecule has 0 fully saturated rings. The Hall–Kier alpha value is -1.55. The molecule has 0 aliphatic heterocycles. The van der Waals surface area contributed by atoms with Gasteiger partial charge in [0.2, 0.25) is 0 Å². The molecule has 3 nitrogen and oxygen atoms in total. The maximum Gasteiger partial charge on any atom is 0.124 e. The number of rotatable bonds is 8. The number of ether oxygens (including phenoxy) is 1. The molecule has 1 atom stereocenters. The lowest BCUT2D eigenvalue weighted by atomic mass is 10.0. The van der Waals surface area contributed by atoms with Crippen LogP contribution < -0.4 is 22.5 Å². The van der Waals surface area contributed by atoms with Crippen LogP contribution in [0.2, 0.25) is 0 Å². The van der Waals surface area contributed by atoms with E-state index in [4.69, 9.17) is 4.74 Å². The van der Waals surface area contributed by atoms with Gasteiger partial charge in [-0.3, -0.25) is 0 Å². The van der Waals surface area contributed by atoms with Crippen LogP contribution in [0.15, 0.2) is 49.1 Å². The molecule has 0 bridgehead atoms. The summed E-state index contributed by atoms with van der Waals surface area (Å²) in [4.78, 5) is 0. The molecule has 0 aliphatic carbocycles. The third kappa shape index (κ3) is 4.47. The van der Waals surface area contributed by atoms with Gasteiger partial charge in [0.05, 0.1) is 6.61 Å². The second-order valence-corrected chi connectivity index (χ2v) is 5.03. The minimum absolute atomic E-state index is 0. The molecular weight excluding hydrogens is 298 g/mol. The first-order chi connectivity index (χ1) is 10.3. The SMILES string of the molecule is C=CCOc1ccc2ccccc2c1CNC(CC)CO.[Cl-]. The summed E-state index contributed by atoms with van der Waals surface area (Å²) >= 11 is 0. The quantitative estimate of drug-likeness (QED) is 0.686. The lowest BCUT2D eigenvalue weighted by molar-refractivity contribution is -0.00000565. The second-order valence-electron chi connectivity index (χ2n) is 5.03. The van der Waals surface area contributed by atoms with Gasteiger partial charge in [0.15, 0.2) is 0 Å². The standard InChI is InChI=1S/C18H23NO2.ClH/c1-3-11-21-18-10-9-14-7-5-6-8-16(14)17(18)12-19-15(4-2)13-20;/h3,5-10,15,19-20H,1,4,11-13H2,2H3;1H/p-1. The molecular formula is C18H23ClNO2-. The van der Waals surface area contributed by atoms with Crippen LogP contribution in [-0.2, 0) is 6.54 Å². The molecule has 1 unspecified atom stereocenters. The molecule has 0 saturated heterocycles. The predicted molar refractivity (Wildman–Crippen MR) is 87.6 cm³/mol. The minimum Gasteiger partial charge on any atom is -1.00 e. The maximum atomic E-state index is 9.32. The zero-order chi connectivity index (χ0) is 15.1. The van der Waals surface area contributed by atoms with Crippen molar-refractivity contribution in [3.8, 4) is 5.75 Å². The highest BCUT2D eigenvalue weighted by atomic mass is 35.5. The van der Waals surface area contributed by atoms with Gasteiger partial charge >= 0.3 is 0 Å². The van der Waals surface area contributed by atoms with E-state index in [-0.39, 0.29) is 25.1 Å². The minimum atomic E-state index is 0. The molecule has 0 aromatic heterocycles. The number of aliphatic hydroxyl groups excluding tert-OH is 1. The molecule has 4 heteroatoms. The molecule has 2 N–H and O–H groups in total. The van der Waals surface area contributed by atoms with Crippen molar-refractivity contribution in [3.05, 3.63) is 54.6 Å². The summed E-state index contributed by atoms with van der Waals surface area (Å²) < 4.78 is 5.77. The highest BCUT2D eigenvalue weighted by Crippen LogP contribution is 2.28. The van der Waals surface area contributed by atoms with E-state index in [1.807, 2.05) is 18.2 Å². The van der Waals surface area contributed by atoms with Crippen LogP contribution in [0.25, 0.3) is 10.8 Å². The highest BCUT2D eigenvalue weighted by molar-refractivity contribution is 5.87. The van der Waals surface area contributed by atoms with Crippen molar-refractivity contribution in [3.63, 3.8) is 0 Å². The first kappa shape index (κ1) is 18.5. The zero-order valence-corrected chi connectivity index (χ0v) is 13.6. The van der Waals surface area contributed by atoms with Gasteiger partial charge < -0.3 is 27.6 Å². The van der Waals surface area contributed by atoms with E-state index in [0.717, 1.165) is 17.7 Å². The molecule has 2 aromatic carbocycles. The number of fused-ring (bicyclic) bond motifs is 1. The summed E-state index contributed by atoms with van der Waals surface area (Å²) in [6, 6.07) is 12.4. The van der Waals surface area contributed by atoms with Crippen molar-refractivity contribution < 1.29 is 22.3 Å². The summed E-state index contributed by atoms with van der Waals surface area (Å²) in [7, 11) is 0. The second kappa shape index (κ2) is 9.46. The summed E-state index contributed by atoms with van der Waals surface area (Å²) in [5.41, 5.74) is 1.13. The van der Waals surface area contributed by atoms with Gasteiger partial charge in [-0.25, -0.2) is 0 Å². The van der Waals surface area contributed by atoms with Crippen LogP contribution in [0.1, 0.15) is 18.9 Å². The molecule has 22 heavy (non-hydrogen) atoms. The van der Waals surface area contributed by atoms with Crippen molar-refractivity contribution in [1.82, 2.24) is 5.32 Å². The molecule has 2 aromatic rings. The average molecular weight is 321 g/mol. The van der Waals surface area contributed by atoms with Gasteiger partial charge in [0.25, 0.3) is 0 Å². The summed E-state index contributed by atoms with van der Waals surface area (Å²) in [6.45, 7) is 7.06. The topological polar surface area (TPSA) is 41.5 Å². The number of benzene rings is 2. The molecule has 0 spiro atoms. The van der Waals surface area contributed by atoms with Crippen LogP contribution >= 0.6 is 0 Å². The van der Waals surface area contributed by atoms with Gasteiger partial charge in [-0.1, -0.05) is 49.9 Å². The third-order valence-electron chi connectivity index (χ3n) is 3.63. The number of halogens is 1. The van der Waals surface area contributed by atoms with Gasteiger partial charge in [0.1, 0.15) is 12.4 Å². The predicted octanol–water partition coefficient (Wildman–Crippen LogP) is 0.269. The Kier molecular flexibility index (Phi) is 7.96. The maximum absolute atomic E-state index is 9.32. The van der Waals surface area contributed by atoms with Crippen LogP contribution in [-0.4, -0.2) is 24.4 Å². The van der Waals surface area contributed by atoms with Crippen LogP contribution in [0, 0.1) is 0 Å². The molecule has 0 amide bonds. The normalized spacial score (nSPS) is 11.7. The fraction of sp³-hybridized carbons (Fsp3) is 0.333. The number of aliphatic hydroxyl groups is 1. The molecule has 0 aliphatic rings. The Morgan fingerprint density at radius 2 is 2.05 bits per heavy atom. The summed E-state index contributed by atoms with van der Waals surface area (Å²) in [6.07, 6.45) is 2.64. The van der Waals surface area contributed by atoms with Crippen molar-refractivity contribution >= 4 is 10.8 Å². The third-order valence-corrected chi connectivity index (χ3v) is 3.63. The van der Waals surface area contributed by atoms with Gasteiger partial charge in [-0.2, -0.15) is 0 Å². The Morgan fingerprint density at radius 3 is 2.73 bits per heavy atom. The first-order valence-corrected chi connectivity index (χ1v) is 7.38. The fourth-order valence-electron chi connectivity index (χ4n) is 2.37. The monoisotopic (exact) mass is 320 g/mol. The van der Waals surface area contributed by atoms with E-state index < -0.39 is 0 Å². The molecule has 2 rings (SSSR count). The van der Waals surface area contributed by atoms with Gasteiger partial charge in [-0.15, -0.1) is 0 Å². The van der Waals surface area contributed by atoms with Crippen LogP contribution in [0.4, 0.5) is 0 Å². The van der Waals surface area contributed by atoms with E-state index in [1.54, 1.807) is 6.08 Å². The number of hydrogen-bond donors (Lipinski definition) is 2. The average Bonchev–Trinajstić information content (AvgIpc) is 2.54. The lowest BCUT2D eigenvalue weighted by Gasteiger charge is -2.18. The zero-order valence-electron chi connectivity index (χ0n) is 12.9. The smallest absolute Gasteiger partial charge is 0.124 e. The van der Waals surface area contributed by atoms with Crippen LogP contribution in [0.3, 0.4) is 0 Å². The number of hydrogen-bond acceptors (Lipinski definition) is 3. The van der Waals surface area contributed by atoms with E-state index in [2.05, 4.69) is 37.0 Å². The fourth-order valence-corrected chi connectivity index (χ4v) is 2.37. The molecule has 120 valence electrons. The van der Waals surface area contributed by atoms with E-state index in [0.29, 0.717) is 13.2 Å². The van der Waals surface area contributed by atoms with Crippen molar-refractivity contribution in [2.75, 3.05) is 13.2 Å². The molecule has 0 heterocycles. The number of nitrogens with one attached hydrogen (secondary N) is 1. The van der Waals surface area contributed by atoms with E-state index in [1.165, 1.54) is 10.8 Å². The summed E-state index contributed by atoms with van der Waals surface area (Å²) in [5, 5.41) is 15.1. The summed E-state index contributed by atoms with van der Waals surface area (Å²) in [5.74, 6) is 0.869. The van der Waals surface area contributed by atoms with Crippen molar-refractivity contribution in [2.45, 2.75) is 25.9 Å². The largest absolute Gasteiger partial charge is 1.00 e. The Balaban J connectivity index is 0.00000242. The Bertz CT molecular complexity index is 597. The Labute approximate surface area is 138 Å². The van der Waals surface area contributed by atoms with E-state index in [9.17, 15) is 5.11 Å². The lowest BCUT2D eigenvalue weighted by Crippen LogP contribution is -3.00. The van der Waals surface area contributed by atoms with Crippen molar-refractivity contribution in [1.29, 1.82) is 0 Å². The first-order valence-electron chi connectivity index (χ1n) is 7.38. The van der Waals surface area contributed by atoms with Gasteiger partial charge in [0, 0.05) is 18.2 Å². The van der Waals surface area contributed by atoms with Crippen molar-refractivity contribution in [2.24, 2.45) is 0 Å². The van der Waals surface area contributed by atoms with E-state index >= 15 is 0 Å².